The molecule has 4 aromatic rings. The molecule has 0 fully saturated rings. The summed E-state index contributed by atoms with van der Waals surface area (Å²) in [5.41, 5.74) is 5.53. The summed E-state index contributed by atoms with van der Waals surface area (Å²) in [6.45, 7) is 4.37. The maximum atomic E-state index is 13.5. The third-order valence-electron chi connectivity index (χ3n) is 6.83. The van der Waals surface area contributed by atoms with Gasteiger partial charge in [0.05, 0.1) is 26.4 Å². The van der Waals surface area contributed by atoms with Crippen LogP contribution in [-0.4, -0.2) is 42.2 Å². The largest absolute Gasteiger partial charge is 0.497 e. The van der Waals surface area contributed by atoms with Crippen LogP contribution in [0.4, 0.5) is 0 Å². The molecular formula is C30H32N2O4. The number of hydrogen-bond acceptors (Lipinski definition) is 5. The van der Waals surface area contributed by atoms with Crippen LogP contribution < -0.4 is 9.47 Å². The van der Waals surface area contributed by atoms with Crippen LogP contribution in [0.1, 0.15) is 42.3 Å². The second-order valence-corrected chi connectivity index (χ2v) is 9.46. The Bertz CT molecular complexity index is 1340. The van der Waals surface area contributed by atoms with Gasteiger partial charge in [-0.25, -0.2) is 0 Å². The molecule has 0 saturated heterocycles. The highest BCUT2D eigenvalue weighted by molar-refractivity contribution is 5.87. The van der Waals surface area contributed by atoms with E-state index in [1.165, 1.54) is 5.56 Å². The van der Waals surface area contributed by atoms with E-state index in [0.29, 0.717) is 13.0 Å². The van der Waals surface area contributed by atoms with E-state index in [1.807, 2.05) is 50.2 Å². The molecule has 0 saturated carbocycles. The van der Waals surface area contributed by atoms with Gasteiger partial charge in [0, 0.05) is 29.6 Å². The predicted octanol–water partition coefficient (Wildman–Crippen LogP) is 5.65. The van der Waals surface area contributed by atoms with E-state index < -0.39 is 6.04 Å². The van der Waals surface area contributed by atoms with Crippen LogP contribution in [0, 0.1) is 0 Å². The summed E-state index contributed by atoms with van der Waals surface area (Å²) in [5, 5.41) is 1.15. The van der Waals surface area contributed by atoms with E-state index in [0.717, 1.165) is 39.2 Å². The van der Waals surface area contributed by atoms with Crippen molar-refractivity contribution in [3.63, 3.8) is 0 Å². The number of nitrogens with one attached hydrogen (secondary N) is 1. The molecular weight excluding hydrogens is 452 g/mol. The van der Waals surface area contributed by atoms with Gasteiger partial charge in [-0.3, -0.25) is 9.69 Å². The first kappa shape index (κ1) is 23.9. The minimum atomic E-state index is -0.437. The average molecular weight is 485 g/mol. The summed E-state index contributed by atoms with van der Waals surface area (Å²) in [6, 6.07) is 23.8. The fourth-order valence-corrected chi connectivity index (χ4v) is 5.15. The summed E-state index contributed by atoms with van der Waals surface area (Å²) >= 11 is 0. The van der Waals surface area contributed by atoms with E-state index >= 15 is 0 Å². The van der Waals surface area contributed by atoms with Crippen LogP contribution >= 0.6 is 0 Å². The standard InChI is InChI=1S/C30H32N2O4/c1-19(2)36-30(33)27-17-25-24-7-5-6-8-26(24)31-28(25)29(21-11-15-23(35-4)16-12-21)32(27)18-20-9-13-22(34-3)14-10-20/h5-16,19,27,29,31H,17-18H2,1-4H3/t27-,29+/m1/s1. The number of rotatable bonds is 7. The van der Waals surface area contributed by atoms with Crippen molar-refractivity contribution in [1.29, 1.82) is 0 Å². The van der Waals surface area contributed by atoms with Gasteiger partial charge in [-0.1, -0.05) is 42.5 Å². The molecule has 0 amide bonds. The van der Waals surface area contributed by atoms with Gasteiger partial charge < -0.3 is 19.2 Å². The highest BCUT2D eigenvalue weighted by Gasteiger charge is 2.42. The Hall–Kier alpha value is -3.77. The van der Waals surface area contributed by atoms with Gasteiger partial charge in [-0.15, -0.1) is 0 Å². The van der Waals surface area contributed by atoms with Crippen molar-refractivity contribution < 1.29 is 19.0 Å². The van der Waals surface area contributed by atoms with Gasteiger partial charge in [-0.05, 0) is 60.9 Å². The monoisotopic (exact) mass is 484 g/mol. The lowest BCUT2D eigenvalue weighted by atomic mass is 9.87. The fraction of sp³-hybridized carbons (Fsp3) is 0.300. The van der Waals surface area contributed by atoms with E-state index in [1.54, 1.807) is 14.2 Å². The first-order valence-electron chi connectivity index (χ1n) is 12.3. The van der Waals surface area contributed by atoms with Crippen LogP contribution in [0.3, 0.4) is 0 Å². The van der Waals surface area contributed by atoms with Gasteiger partial charge in [0.1, 0.15) is 17.5 Å². The zero-order valence-electron chi connectivity index (χ0n) is 21.2. The SMILES string of the molecule is COc1ccc(CN2[C@@H](c3ccc(OC)cc3)c3[nH]c4ccccc4c3C[C@@H]2C(=O)OC(C)C)cc1. The number of methoxy groups -OCH3 is 2. The maximum absolute atomic E-state index is 13.5. The van der Waals surface area contributed by atoms with E-state index in [4.69, 9.17) is 14.2 Å². The third kappa shape index (κ3) is 4.56. The summed E-state index contributed by atoms with van der Waals surface area (Å²) in [7, 11) is 3.33. The highest BCUT2D eigenvalue weighted by Crippen LogP contribution is 2.42. The van der Waals surface area contributed by atoms with Crippen molar-refractivity contribution >= 4 is 16.9 Å². The fourth-order valence-electron chi connectivity index (χ4n) is 5.15. The predicted molar refractivity (Wildman–Crippen MR) is 140 cm³/mol. The maximum Gasteiger partial charge on any atom is 0.323 e. The zero-order valence-corrected chi connectivity index (χ0v) is 21.2. The molecule has 0 radical (unpaired) electrons. The van der Waals surface area contributed by atoms with Crippen LogP contribution in [-0.2, 0) is 22.5 Å². The molecule has 1 aliphatic heterocycles. The van der Waals surface area contributed by atoms with Gasteiger partial charge in [0.25, 0.3) is 0 Å². The first-order valence-corrected chi connectivity index (χ1v) is 12.3. The smallest absolute Gasteiger partial charge is 0.323 e. The van der Waals surface area contributed by atoms with Gasteiger partial charge in [0.2, 0.25) is 0 Å². The molecule has 1 N–H and O–H groups in total. The molecule has 6 heteroatoms. The van der Waals surface area contributed by atoms with E-state index in [-0.39, 0.29) is 18.1 Å². The van der Waals surface area contributed by atoms with Crippen molar-refractivity contribution in [1.82, 2.24) is 9.88 Å². The van der Waals surface area contributed by atoms with E-state index in [2.05, 4.69) is 46.3 Å². The second-order valence-electron chi connectivity index (χ2n) is 9.46. The van der Waals surface area contributed by atoms with Crippen LogP contribution in [0.2, 0.25) is 0 Å². The molecule has 6 nitrogen and oxygen atoms in total. The lowest BCUT2D eigenvalue weighted by Crippen LogP contribution is -2.49. The van der Waals surface area contributed by atoms with Crippen molar-refractivity contribution in [3.05, 3.63) is 95.2 Å². The number of benzene rings is 3. The average Bonchev–Trinajstić information content (AvgIpc) is 3.26. The number of esters is 1. The number of H-pyrrole nitrogens is 1. The summed E-state index contributed by atoms with van der Waals surface area (Å²) in [6.07, 6.45) is 0.386. The summed E-state index contributed by atoms with van der Waals surface area (Å²) < 4.78 is 16.6. The minimum absolute atomic E-state index is 0.168. The number of ether oxygens (including phenoxy) is 3. The normalized spacial score (nSPS) is 17.7. The molecule has 0 spiro atoms. The third-order valence-corrected chi connectivity index (χ3v) is 6.83. The lowest BCUT2D eigenvalue weighted by molar-refractivity contribution is -0.155. The van der Waals surface area contributed by atoms with Crippen molar-refractivity contribution in [3.8, 4) is 11.5 Å². The van der Waals surface area contributed by atoms with Gasteiger partial charge in [-0.2, -0.15) is 0 Å². The molecule has 186 valence electrons. The Balaban J connectivity index is 1.66. The topological polar surface area (TPSA) is 63.8 Å². The second kappa shape index (κ2) is 10.1. The highest BCUT2D eigenvalue weighted by atomic mass is 16.5. The Morgan fingerprint density at radius 3 is 2.22 bits per heavy atom. The number of fused-ring (bicyclic) bond motifs is 3. The molecule has 0 bridgehead atoms. The van der Waals surface area contributed by atoms with Gasteiger partial charge in [0.15, 0.2) is 0 Å². The van der Waals surface area contributed by atoms with E-state index in [9.17, 15) is 4.79 Å². The molecule has 3 aromatic carbocycles. The number of para-hydroxylation sites is 1. The molecule has 2 atom stereocenters. The van der Waals surface area contributed by atoms with Gasteiger partial charge >= 0.3 is 5.97 Å². The molecule has 5 rings (SSSR count). The number of carbonyl (C=O) groups is 1. The molecule has 2 heterocycles. The lowest BCUT2D eigenvalue weighted by Gasteiger charge is -2.41. The Morgan fingerprint density at radius 1 is 0.944 bits per heavy atom. The number of hydrogen-bond donors (Lipinski definition) is 1. The quantitative estimate of drug-likeness (QED) is 0.343. The van der Waals surface area contributed by atoms with Crippen molar-refractivity contribution in [2.24, 2.45) is 0 Å². The van der Waals surface area contributed by atoms with Crippen LogP contribution in [0.5, 0.6) is 11.5 Å². The number of aromatic nitrogens is 1. The zero-order chi connectivity index (χ0) is 25.2. The molecule has 1 aromatic heterocycles. The minimum Gasteiger partial charge on any atom is -0.497 e. The number of aromatic amines is 1. The molecule has 0 unspecified atom stereocenters. The summed E-state index contributed by atoms with van der Waals surface area (Å²) in [5.74, 6) is 1.40. The Kier molecular flexibility index (Phi) is 6.70. The van der Waals surface area contributed by atoms with Crippen molar-refractivity contribution in [2.75, 3.05) is 14.2 Å². The molecule has 36 heavy (non-hydrogen) atoms. The first-order chi connectivity index (χ1) is 17.5. The summed E-state index contributed by atoms with van der Waals surface area (Å²) in [4.78, 5) is 19.5. The van der Waals surface area contributed by atoms with Crippen LogP contribution in [0.15, 0.2) is 72.8 Å². The van der Waals surface area contributed by atoms with Crippen LogP contribution in [0.25, 0.3) is 10.9 Å². The van der Waals surface area contributed by atoms with Crippen molar-refractivity contribution in [2.45, 2.75) is 45.0 Å². The molecule has 0 aliphatic carbocycles. The number of nitrogens with zero attached hydrogens (tertiary/aromatic N) is 1. The molecule has 1 aliphatic rings. The number of carbonyl (C=O) groups excluding carboxylic acids is 1. The Labute approximate surface area is 211 Å². The Morgan fingerprint density at radius 2 is 1.58 bits per heavy atom.